The third-order valence-electron chi connectivity index (χ3n) is 4.75. The molecule has 0 atom stereocenters. The maximum Gasteiger partial charge on any atom is 0.0594 e. The van der Waals surface area contributed by atoms with Crippen LogP contribution in [0.5, 0.6) is 0 Å². The van der Waals surface area contributed by atoms with Gasteiger partial charge in [0.15, 0.2) is 0 Å². The van der Waals surface area contributed by atoms with Crippen LogP contribution in [0.25, 0.3) is 0 Å². The normalized spacial score (nSPS) is 30.4. The molecule has 1 N–H and O–H groups in total. The molecule has 3 aliphatic heterocycles. The Morgan fingerprint density at radius 3 is 2.00 bits per heavy atom. The largest absolute Gasteiger partial charge is 0.379 e. The summed E-state index contributed by atoms with van der Waals surface area (Å²) < 4.78 is 5.38. The first kappa shape index (κ1) is 11.9. The zero-order valence-corrected chi connectivity index (χ0v) is 10.8. The van der Waals surface area contributed by atoms with Gasteiger partial charge in [-0.15, -0.1) is 0 Å². The minimum absolute atomic E-state index is 0.690. The van der Waals surface area contributed by atoms with Crippen molar-refractivity contribution in [1.29, 1.82) is 0 Å². The highest BCUT2D eigenvalue weighted by molar-refractivity contribution is 4.95. The van der Waals surface area contributed by atoms with E-state index in [0.717, 1.165) is 26.3 Å². The summed E-state index contributed by atoms with van der Waals surface area (Å²) in [5, 5.41) is 3.43. The molecule has 0 bridgehead atoms. The number of nitrogens with zero attached hydrogens (tertiary/aromatic N) is 2. The van der Waals surface area contributed by atoms with Crippen molar-refractivity contribution in [2.75, 3.05) is 65.6 Å². The van der Waals surface area contributed by atoms with Crippen LogP contribution in [-0.4, -0.2) is 75.4 Å². The smallest absolute Gasteiger partial charge is 0.0594 e. The lowest BCUT2D eigenvalue weighted by atomic mass is 9.73. The lowest BCUT2D eigenvalue weighted by Gasteiger charge is -2.48. The molecule has 3 rings (SSSR count). The Kier molecular flexibility index (Phi) is 3.66. The fourth-order valence-electron chi connectivity index (χ4n) is 3.19. The van der Waals surface area contributed by atoms with Gasteiger partial charge >= 0.3 is 0 Å². The van der Waals surface area contributed by atoms with Crippen molar-refractivity contribution < 1.29 is 4.74 Å². The molecule has 17 heavy (non-hydrogen) atoms. The molecule has 0 aromatic carbocycles. The summed E-state index contributed by atoms with van der Waals surface area (Å²) in [6.07, 6.45) is 2.81. The maximum atomic E-state index is 5.38. The fraction of sp³-hybridized carbons (Fsp3) is 1.00. The van der Waals surface area contributed by atoms with Crippen molar-refractivity contribution >= 4 is 0 Å². The number of piperidine rings is 1. The summed E-state index contributed by atoms with van der Waals surface area (Å²) in [7, 11) is 0. The number of nitrogens with one attached hydrogen (secondary N) is 1. The molecule has 0 amide bonds. The van der Waals surface area contributed by atoms with Gasteiger partial charge in [-0.05, 0) is 31.3 Å². The van der Waals surface area contributed by atoms with Gasteiger partial charge in [0.05, 0.1) is 13.2 Å². The van der Waals surface area contributed by atoms with E-state index < -0.39 is 0 Å². The summed E-state index contributed by atoms with van der Waals surface area (Å²) in [6, 6.07) is 0. The van der Waals surface area contributed by atoms with E-state index in [0.29, 0.717) is 5.41 Å². The lowest BCUT2D eigenvalue weighted by Crippen LogP contribution is -2.58. The van der Waals surface area contributed by atoms with Gasteiger partial charge in [0.25, 0.3) is 0 Å². The van der Waals surface area contributed by atoms with E-state index in [-0.39, 0.29) is 0 Å². The second kappa shape index (κ2) is 5.22. The molecule has 0 aromatic rings. The number of hydrogen-bond acceptors (Lipinski definition) is 4. The van der Waals surface area contributed by atoms with Crippen LogP contribution in [0.4, 0.5) is 0 Å². The van der Waals surface area contributed by atoms with Crippen LogP contribution < -0.4 is 5.32 Å². The first-order valence-corrected chi connectivity index (χ1v) is 7.10. The number of hydrogen-bond donors (Lipinski definition) is 1. The number of morpholine rings is 1. The van der Waals surface area contributed by atoms with Crippen molar-refractivity contribution in [2.24, 2.45) is 5.41 Å². The lowest BCUT2D eigenvalue weighted by molar-refractivity contribution is 0.0213. The Hall–Kier alpha value is -0.160. The van der Waals surface area contributed by atoms with Gasteiger partial charge in [0, 0.05) is 39.3 Å². The molecule has 3 heterocycles. The summed E-state index contributed by atoms with van der Waals surface area (Å²) in [6.45, 7) is 11.7. The highest BCUT2D eigenvalue weighted by atomic mass is 16.5. The minimum Gasteiger partial charge on any atom is -0.379 e. The third-order valence-corrected chi connectivity index (χ3v) is 4.75. The molecule has 0 aromatic heterocycles. The Morgan fingerprint density at radius 1 is 0.882 bits per heavy atom. The van der Waals surface area contributed by atoms with Crippen LogP contribution >= 0.6 is 0 Å². The summed E-state index contributed by atoms with van der Waals surface area (Å²) >= 11 is 0. The van der Waals surface area contributed by atoms with Gasteiger partial charge in [0.2, 0.25) is 0 Å². The molecule has 1 spiro atoms. The molecule has 0 unspecified atom stereocenters. The first-order valence-electron chi connectivity index (χ1n) is 7.10. The van der Waals surface area contributed by atoms with E-state index in [9.17, 15) is 0 Å². The Labute approximate surface area is 104 Å². The van der Waals surface area contributed by atoms with Crippen LogP contribution in [-0.2, 0) is 4.74 Å². The van der Waals surface area contributed by atoms with Crippen molar-refractivity contribution in [2.45, 2.75) is 12.8 Å². The number of ether oxygens (including phenoxy) is 1. The van der Waals surface area contributed by atoms with Crippen LogP contribution in [0.3, 0.4) is 0 Å². The predicted molar refractivity (Wildman–Crippen MR) is 68.2 cm³/mol. The minimum atomic E-state index is 0.690. The van der Waals surface area contributed by atoms with E-state index in [2.05, 4.69) is 15.1 Å². The van der Waals surface area contributed by atoms with Crippen molar-refractivity contribution in [1.82, 2.24) is 15.1 Å². The van der Waals surface area contributed by atoms with Gasteiger partial charge in [-0.1, -0.05) is 0 Å². The standard InChI is InChI=1S/C13H25N3O/c1-3-15(4-2-13(1)11-14-12-13)5-6-16-7-9-17-10-8-16/h14H,1-12H2. The summed E-state index contributed by atoms with van der Waals surface area (Å²) in [5.74, 6) is 0. The number of likely N-dealkylation sites (tertiary alicyclic amines) is 1. The van der Waals surface area contributed by atoms with Crippen LogP contribution in [0.2, 0.25) is 0 Å². The maximum absolute atomic E-state index is 5.38. The van der Waals surface area contributed by atoms with Gasteiger partial charge < -0.3 is 15.0 Å². The molecule has 4 heteroatoms. The molecule has 98 valence electrons. The Bertz CT molecular complexity index is 239. The molecule has 4 nitrogen and oxygen atoms in total. The monoisotopic (exact) mass is 239 g/mol. The van der Waals surface area contributed by atoms with Gasteiger partial charge in [-0.25, -0.2) is 0 Å². The van der Waals surface area contributed by atoms with E-state index >= 15 is 0 Å². The average Bonchev–Trinajstić information content (AvgIpc) is 2.36. The SMILES string of the molecule is C1CN(CCN2CCC3(CC2)CNC3)CCO1. The zero-order valence-electron chi connectivity index (χ0n) is 10.8. The van der Waals surface area contributed by atoms with Crippen LogP contribution in [0.1, 0.15) is 12.8 Å². The highest BCUT2D eigenvalue weighted by Crippen LogP contribution is 2.34. The molecule has 0 aliphatic carbocycles. The molecule has 3 saturated heterocycles. The Balaban J connectivity index is 1.35. The van der Waals surface area contributed by atoms with Gasteiger partial charge in [-0.3, -0.25) is 4.90 Å². The second-order valence-corrected chi connectivity index (χ2v) is 5.90. The van der Waals surface area contributed by atoms with Crippen LogP contribution in [0, 0.1) is 5.41 Å². The van der Waals surface area contributed by atoms with Crippen molar-refractivity contribution in [3.63, 3.8) is 0 Å². The first-order chi connectivity index (χ1) is 8.36. The molecule has 0 radical (unpaired) electrons. The van der Waals surface area contributed by atoms with Crippen molar-refractivity contribution in [3.8, 4) is 0 Å². The van der Waals surface area contributed by atoms with E-state index in [1.54, 1.807) is 0 Å². The number of rotatable bonds is 3. The summed E-state index contributed by atoms with van der Waals surface area (Å²) in [4.78, 5) is 5.19. The average molecular weight is 239 g/mol. The topological polar surface area (TPSA) is 27.7 Å². The van der Waals surface area contributed by atoms with E-state index in [1.165, 1.54) is 52.1 Å². The Morgan fingerprint density at radius 2 is 1.47 bits per heavy atom. The molecular weight excluding hydrogens is 214 g/mol. The quantitative estimate of drug-likeness (QED) is 0.750. The molecule has 0 saturated carbocycles. The van der Waals surface area contributed by atoms with Gasteiger partial charge in [-0.2, -0.15) is 0 Å². The predicted octanol–water partition coefficient (Wildman–Crippen LogP) is 0.00400. The van der Waals surface area contributed by atoms with Crippen LogP contribution in [0.15, 0.2) is 0 Å². The fourth-order valence-corrected chi connectivity index (χ4v) is 3.19. The third kappa shape index (κ3) is 2.81. The van der Waals surface area contributed by atoms with Gasteiger partial charge in [0.1, 0.15) is 0 Å². The van der Waals surface area contributed by atoms with E-state index in [4.69, 9.17) is 4.74 Å². The van der Waals surface area contributed by atoms with E-state index in [1.807, 2.05) is 0 Å². The van der Waals surface area contributed by atoms with Crippen molar-refractivity contribution in [3.05, 3.63) is 0 Å². The highest BCUT2D eigenvalue weighted by Gasteiger charge is 2.39. The molecular formula is C13H25N3O. The molecule has 3 aliphatic rings. The summed E-state index contributed by atoms with van der Waals surface area (Å²) in [5.41, 5.74) is 0.690. The zero-order chi connectivity index (χ0) is 11.6. The second-order valence-electron chi connectivity index (χ2n) is 5.90. The molecule has 3 fully saturated rings.